The average Bonchev–Trinajstić information content (AvgIpc) is 2.71. The highest BCUT2D eigenvalue weighted by atomic mass is 14.7. The van der Waals surface area contributed by atoms with Gasteiger partial charge >= 0.3 is 0 Å². The molecule has 0 heterocycles. The van der Waals surface area contributed by atoms with Crippen LogP contribution in [0.3, 0.4) is 0 Å². The Morgan fingerprint density at radius 1 is 0.963 bits per heavy atom. The van der Waals surface area contributed by atoms with Gasteiger partial charge in [0.1, 0.15) is 0 Å². The standard InChI is InChI=1S/C26H35N/c1-6-20(4)24-15-11-13-22(19-24)12-9-10-14-23-16-17-25(18-21(23)5)26(27,7-2)8-3/h9-20H,6-8,27H2,1-5H3/b12-9+,14-10+. The second-order valence-electron chi connectivity index (χ2n) is 7.63. The zero-order valence-electron chi connectivity index (χ0n) is 17.6. The molecule has 2 rings (SSSR count). The van der Waals surface area contributed by atoms with Gasteiger partial charge in [-0.25, -0.2) is 0 Å². The van der Waals surface area contributed by atoms with E-state index < -0.39 is 0 Å². The van der Waals surface area contributed by atoms with Crippen LogP contribution in [0.5, 0.6) is 0 Å². The highest BCUT2D eigenvalue weighted by molar-refractivity contribution is 5.60. The number of allylic oxidation sites excluding steroid dienone is 2. The maximum absolute atomic E-state index is 6.54. The number of hydrogen-bond acceptors (Lipinski definition) is 1. The zero-order chi connectivity index (χ0) is 19.9. The van der Waals surface area contributed by atoms with E-state index in [0.717, 1.165) is 12.8 Å². The molecule has 0 radical (unpaired) electrons. The Morgan fingerprint density at radius 2 is 1.67 bits per heavy atom. The van der Waals surface area contributed by atoms with Crippen molar-refractivity contribution in [3.63, 3.8) is 0 Å². The van der Waals surface area contributed by atoms with Crippen molar-refractivity contribution in [3.8, 4) is 0 Å². The third-order valence-corrected chi connectivity index (χ3v) is 5.87. The maximum atomic E-state index is 6.54. The molecule has 1 heteroatoms. The summed E-state index contributed by atoms with van der Waals surface area (Å²) in [6.45, 7) is 11.0. The van der Waals surface area contributed by atoms with E-state index >= 15 is 0 Å². The number of aryl methyl sites for hydroxylation is 1. The first-order chi connectivity index (χ1) is 12.9. The summed E-state index contributed by atoms with van der Waals surface area (Å²) >= 11 is 0. The van der Waals surface area contributed by atoms with Gasteiger partial charge in [0.15, 0.2) is 0 Å². The molecule has 0 spiro atoms. The lowest BCUT2D eigenvalue weighted by atomic mass is 9.84. The van der Waals surface area contributed by atoms with Crippen LogP contribution in [0.2, 0.25) is 0 Å². The fourth-order valence-electron chi connectivity index (χ4n) is 3.36. The molecule has 2 aromatic carbocycles. The Labute approximate surface area is 166 Å². The topological polar surface area (TPSA) is 26.0 Å². The van der Waals surface area contributed by atoms with Crippen molar-refractivity contribution in [2.45, 2.75) is 65.3 Å². The van der Waals surface area contributed by atoms with Crippen LogP contribution in [0.4, 0.5) is 0 Å². The Bertz CT molecular complexity index is 794. The fourth-order valence-corrected chi connectivity index (χ4v) is 3.36. The van der Waals surface area contributed by atoms with Gasteiger partial charge in [0.25, 0.3) is 0 Å². The fraction of sp³-hybridized carbons (Fsp3) is 0.385. The SMILES string of the molecule is CCC(C)c1cccc(/C=C/C=C/c2ccc(C(N)(CC)CC)cc2C)c1. The van der Waals surface area contributed by atoms with Crippen LogP contribution in [0, 0.1) is 6.92 Å². The van der Waals surface area contributed by atoms with Crippen molar-refractivity contribution in [2.75, 3.05) is 0 Å². The van der Waals surface area contributed by atoms with E-state index in [1.54, 1.807) is 0 Å². The van der Waals surface area contributed by atoms with Gasteiger partial charge in [-0.1, -0.05) is 94.5 Å². The molecule has 0 fully saturated rings. The number of nitrogens with two attached hydrogens (primary N) is 1. The molecule has 2 N–H and O–H groups in total. The van der Waals surface area contributed by atoms with Gasteiger partial charge in [-0.05, 0) is 59.9 Å². The molecule has 0 saturated heterocycles. The first-order valence-electron chi connectivity index (χ1n) is 10.3. The predicted molar refractivity (Wildman–Crippen MR) is 121 cm³/mol. The van der Waals surface area contributed by atoms with Crippen molar-refractivity contribution >= 4 is 12.2 Å². The lowest BCUT2D eigenvalue weighted by molar-refractivity contribution is 0.412. The molecule has 0 saturated carbocycles. The third-order valence-electron chi connectivity index (χ3n) is 5.87. The normalized spacial score (nSPS) is 13.6. The highest BCUT2D eigenvalue weighted by Crippen LogP contribution is 2.27. The maximum Gasteiger partial charge on any atom is 0.0404 e. The monoisotopic (exact) mass is 361 g/mol. The lowest BCUT2D eigenvalue weighted by Gasteiger charge is -2.28. The molecule has 1 atom stereocenters. The Morgan fingerprint density at radius 3 is 2.30 bits per heavy atom. The number of benzene rings is 2. The summed E-state index contributed by atoms with van der Waals surface area (Å²) < 4.78 is 0. The molecule has 27 heavy (non-hydrogen) atoms. The molecular formula is C26H35N. The molecule has 0 aliphatic carbocycles. The zero-order valence-corrected chi connectivity index (χ0v) is 17.6. The summed E-state index contributed by atoms with van der Waals surface area (Å²) in [4.78, 5) is 0. The van der Waals surface area contributed by atoms with Gasteiger partial charge in [-0.2, -0.15) is 0 Å². The highest BCUT2D eigenvalue weighted by Gasteiger charge is 2.22. The summed E-state index contributed by atoms with van der Waals surface area (Å²) in [6, 6.07) is 15.4. The molecule has 0 amide bonds. The van der Waals surface area contributed by atoms with Gasteiger partial charge in [-0.15, -0.1) is 0 Å². The molecule has 1 nitrogen and oxygen atoms in total. The van der Waals surface area contributed by atoms with Crippen molar-refractivity contribution in [1.82, 2.24) is 0 Å². The minimum absolute atomic E-state index is 0.215. The molecular weight excluding hydrogens is 326 g/mol. The van der Waals surface area contributed by atoms with Crippen LogP contribution in [0.25, 0.3) is 12.2 Å². The first-order valence-corrected chi connectivity index (χ1v) is 10.3. The molecule has 1 unspecified atom stereocenters. The van der Waals surface area contributed by atoms with E-state index in [9.17, 15) is 0 Å². The van der Waals surface area contributed by atoms with Gasteiger partial charge in [0.05, 0.1) is 0 Å². The minimum Gasteiger partial charge on any atom is -0.321 e. The molecule has 0 bridgehead atoms. The van der Waals surface area contributed by atoms with E-state index in [2.05, 4.69) is 101 Å². The largest absolute Gasteiger partial charge is 0.321 e. The average molecular weight is 362 g/mol. The van der Waals surface area contributed by atoms with E-state index in [4.69, 9.17) is 5.73 Å². The van der Waals surface area contributed by atoms with Crippen molar-refractivity contribution in [3.05, 3.63) is 82.4 Å². The van der Waals surface area contributed by atoms with E-state index in [-0.39, 0.29) is 5.54 Å². The Hall–Kier alpha value is -2.12. The van der Waals surface area contributed by atoms with Crippen LogP contribution < -0.4 is 5.73 Å². The van der Waals surface area contributed by atoms with E-state index in [1.807, 2.05) is 0 Å². The van der Waals surface area contributed by atoms with Crippen LogP contribution in [0.15, 0.2) is 54.6 Å². The van der Waals surface area contributed by atoms with Crippen LogP contribution in [0.1, 0.15) is 80.7 Å². The van der Waals surface area contributed by atoms with Crippen LogP contribution >= 0.6 is 0 Å². The molecule has 0 aliphatic rings. The molecule has 0 aliphatic heterocycles. The second kappa shape index (κ2) is 9.71. The van der Waals surface area contributed by atoms with E-state index in [0.29, 0.717) is 5.92 Å². The smallest absolute Gasteiger partial charge is 0.0404 e. The van der Waals surface area contributed by atoms with Crippen LogP contribution in [-0.2, 0) is 5.54 Å². The van der Waals surface area contributed by atoms with Crippen molar-refractivity contribution < 1.29 is 0 Å². The van der Waals surface area contributed by atoms with Crippen molar-refractivity contribution in [1.29, 1.82) is 0 Å². The third kappa shape index (κ3) is 5.43. The van der Waals surface area contributed by atoms with Crippen molar-refractivity contribution in [2.24, 2.45) is 5.73 Å². The Kier molecular flexibility index (Phi) is 7.62. The summed E-state index contributed by atoms with van der Waals surface area (Å²) in [5.74, 6) is 0.607. The van der Waals surface area contributed by atoms with Gasteiger partial charge in [0, 0.05) is 5.54 Å². The van der Waals surface area contributed by atoms with Gasteiger partial charge in [-0.3, -0.25) is 0 Å². The quantitative estimate of drug-likeness (QED) is 0.494. The van der Waals surface area contributed by atoms with Gasteiger partial charge < -0.3 is 5.73 Å². The number of rotatable bonds is 8. The summed E-state index contributed by atoms with van der Waals surface area (Å²) in [6.07, 6.45) is 11.7. The molecule has 0 aromatic heterocycles. The molecule has 144 valence electrons. The van der Waals surface area contributed by atoms with E-state index in [1.165, 1.54) is 34.2 Å². The lowest BCUT2D eigenvalue weighted by Crippen LogP contribution is -2.35. The second-order valence-corrected chi connectivity index (χ2v) is 7.63. The first kappa shape index (κ1) is 21.2. The number of hydrogen-bond donors (Lipinski definition) is 1. The summed E-state index contributed by atoms with van der Waals surface area (Å²) in [5.41, 5.74) is 12.7. The minimum atomic E-state index is -0.215. The molecule has 2 aromatic rings. The van der Waals surface area contributed by atoms with Crippen LogP contribution in [-0.4, -0.2) is 0 Å². The summed E-state index contributed by atoms with van der Waals surface area (Å²) in [5, 5.41) is 0. The predicted octanol–water partition coefficient (Wildman–Crippen LogP) is 7.21. The Balaban J connectivity index is 2.11. The summed E-state index contributed by atoms with van der Waals surface area (Å²) in [7, 11) is 0. The van der Waals surface area contributed by atoms with Gasteiger partial charge in [0.2, 0.25) is 0 Å².